The summed E-state index contributed by atoms with van der Waals surface area (Å²) in [5.41, 5.74) is 5.52. The van der Waals surface area contributed by atoms with Gasteiger partial charge < -0.3 is 5.73 Å². The maximum absolute atomic E-state index is 5.52. The second-order valence-electron chi connectivity index (χ2n) is 2.22. The average molecular weight is 85.2 g/mol. The Bertz CT molecular complexity index is 43.9. The third-order valence-corrected chi connectivity index (χ3v) is 1.69. The summed E-state index contributed by atoms with van der Waals surface area (Å²) in [5, 5.41) is 0. The predicted molar refractivity (Wildman–Crippen MR) is 26.4 cm³/mol. The van der Waals surface area contributed by atoms with E-state index < -0.39 is 0 Å². The number of nitrogens with two attached hydrogens (primary N) is 1. The lowest BCUT2D eigenvalue weighted by molar-refractivity contribution is 0.282. The third-order valence-electron chi connectivity index (χ3n) is 1.69. The summed E-state index contributed by atoms with van der Waals surface area (Å²) in [6, 6.07) is 0.532. The average Bonchev–Trinajstić information content (AvgIpc) is 1.61. The summed E-state index contributed by atoms with van der Waals surface area (Å²) in [4.78, 5) is 0. The van der Waals surface area contributed by atoms with E-state index in [0.29, 0.717) is 6.04 Å². The van der Waals surface area contributed by atoms with Crippen molar-refractivity contribution in [2.75, 3.05) is 0 Å². The first kappa shape index (κ1) is 4.13. The topological polar surface area (TPSA) is 26.0 Å². The molecule has 0 aromatic carbocycles. The molecule has 1 nitrogen and oxygen atoms in total. The predicted octanol–water partition coefficient (Wildman–Crippen LogP) is 0.744. The largest absolute Gasteiger partial charge is 0.327 e. The molecule has 0 amide bonds. The van der Waals surface area contributed by atoms with E-state index in [9.17, 15) is 0 Å². The third kappa shape index (κ3) is 0.432. The molecule has 1 aliphatic rings. The summed E-state index contributed by atoms with van der Waals surface area (Å²) >= 11 is 0. The van der Waals surface area contributed by atoms with Gasteiger partial charge in [0, 0.05) is 6.04 Å². The van der Waals surface area contributed by atoms with Gasteiger partial charge in [0.15, 0.2) is 0 Å². The Morgan fingerprint density at radius 1 is 1.50 bits per heavy atom. The van der Waals surface area contributed by atoms with Gasteiger partial charge >= 0.3 is 0 Å². The van der Waals surface area contributed by atoms with Crippen molar-refractivity contribution in [3.8, 4) is 0 Å². The molecule has 0 unspecified atom stereocenters. The molecule has 0 aromatic heterocycles. The SMILES string of the molecule is C[C@H]1CC[C@H]1N. The van der Waals surface area contributed by atoms with Gasteiger partial charge in [-0.2, -0.15) is 0 Å². The van der Waals surface area contributed by atoms with Crippen LogP contribution in [-0.4, -0.2) is 6.04 Å². The quantitative estimate of drug-likeness (QED) is 0.461. The highest BCUT2D eigenvalue weighted by Gasteiger charge is 2.21. The Balaban J connectivity index is 2.20. The molecule has 0 spiro atoms. The second kappa shape index (κ2) is 1.23. The molecular formula is C5H11N. The van der Waals surface area contributed by atoms with Crippen molar-refractivity contribution in [3.63, 3.8) is 0 Å². The molecule has 2 atom stereocenters. The van der Waals surface area contributed by atoms with Crippen molar-refractivity contribution in [2.24, 2.45) is 11.7 Å². The molecule has 36 valence electrons. The maximum atomic E-state index is 5.52. The van der Waals surface area contributed by atoms with Gasteiger partial charge in [0.2, 0.25) is 0 Å². The van der Waals surface area contributed by atoms with Crippen LogP contribution in [-0.2, 0) is 0 Å². The lowest BCUT2D eigenvalue weighted by Gasteiger charge is -2.29. The molecule has 1 fully saturated rings. The van der Waals surface area contributed by atoms with Crippen LogP contribution < -0.4 is 5.73 Å². The van der Waals surface area contributed by atoms with Crippen molar-refractivity contribution >= 4 is 0 Å². The fraction of sp³-hybridized carbons (Fsp3) is 1.00. The van der Waals surface area contributed by atoms with Crippen LogP contribution in [0.1, 0.15) is 19.8 Å². The van der Waals surface area contributed by atoms with Crippen LogP contribution in [0, 0.1) is 5.92 Å². The highest BCUT2D eigenvalue weighted by Crippen LogP contribution is 2.23. The zero-order valence-corrected chi connectivity index (χ0v) is 4.15. The molecule has 0 saturated heterocycles. The van der Waals surface area contributed by atoms with E-state index in [2.05, 4.69) is 6.92 Å². The lowest BCUT2D eigenvalue weighted by Crippen LogP contribution is -2.37. The molecule has 2 N–H and O–H groups in total. The zero-order chi connectivity index (χ0) is 4.57. The smallest absolute Gasteiger partial charge is 0.00646 e. The minimum Gasteiger partial charge on any atom is -0.327 e. The summed E-state index contributed by atoms with van der Waals surface area (Å²) < 4.78 is 0. The molecule has 0 aromatic rings. The van der Waals surface area contributed by atoms with E-state index in [1.807, 2.05) is 0 Å². The van der Waals surface area contributed by atoms with Gasteiger partial charge in [-0.3, -0.25) is 0 Å². The van der Waals surface area contributed by atoms with Crippen molar-refractivity contribution in [1.29, 1.82) is 0 Å². The normalized spacial score (nSPS) is 45.0. The summed E-state index contributed by atoms with van der Waals surface area (Å²) in [6.07, 6.45) is 2.60. The van der Waals surface area contributed by atoms with Gasteiger partial charge in [0.1, 0.15) is 0 Å². The van der Waals surface area contributed by atoms with Crippen LogP contribution in [0.4, 0.5) is 0 Å². The minimum absolute atomic E-state index is 0.532. The van der Waals surface area contributed by atoms with Gasteiger partial charge in [-0.1, -0.05) is 6.92 Å². The molecule has 6 heavy (non-hydrogen) atoms. The first-order valence-electron chi connectivity index (χ1n) is 2.56. The van der Waals surface area contributed by atoms with E-state index in [0.717, 1.165) is 5.92 Å². The Hall–Kier alpha value is -0.0400. The van der Waals surface area contributed by atoms with Gasteiger partial charge in [-0.05, 0) is 18.8 Å². The second-order valence-corrected chi connectivity index (χ2v) is 2.22. The van der Waals surface area contributed by atoms with E-state index in [1.54, 1.807) is 0 Å². The molecule has 1 rings (SSSR count). The number of rotatable bonds is 0. The fourth-order valence-electron chi connectivity index (χ4n) is 0.692. The van der Waals surface area contributed by atoms with Crippen LogP contribution in [0.25, 0.3) is 0 Å². The first-order chi connectivity index (χ1) is 2.80. The molecule has 0 radical (unpaired) electrons. The zero-order valence-electron chi connectivity index (χ0n) is 4.15. The molecule has 0 bridgehead atoms. The molecule has 1 saturated carbocycles. The van der Waals surface area contributed by atoms with Gasteiger partial charge in [0.25, 0.3) is 0 Å². The van der Waals surface area contributed by atoms with E-state index in [1.165, 1.54) is 12.8 Å². The van der Waals surface area contributed by atoms with Crippen LogP contribution >= 0.6 is 0 Å². The number of hydrogen-bond donors (Lipinski definition) is 1. The molecule has 1 heteroatoms. The monoisotopic (exact) mass is 85.1 g/mol. The van der Waals surface area contributed by atoms with Crippen molar-refractivity contribution in [2.45, 2.75) is 25.8 Å². The maximum Gasteiger partial charge on any atom is 0.00646 e. The fourth-order valence-corrected chi connectivity index (χ4v) is 0.692. The number of hydrogen-bond acceptors (Lipinski definition) is 1. The molecule has 0 heterocycles. The van der Waals surface area contributed by atoms with Crippen molar-refractivity contribution in [3.05, 3.63) is 0 Å². The van der Waals surface area contributed by atoms with Crippen LogP contribution in [0.5, 0.6) is 0 Å². The summed E-state index contributed by atoms with van der Waals surface area (Å²) in [7, 11) is 0. The first-order valence-corrected chi connectivity index (χ1v) is 2.56. The van der Waals surface area contributed by atoms with Crippen molar-refractivity contribution in [1.82, 2.24) is 0 Å². The Morgan fingerprint density at radius 2 is 2.00 bits per heavy atom. The summed E-state index contributed by atoms with van der Waals surface area (Å²) in [6.45, 7) is 2.20. The van der Waals surface area contributed by atoms with Gasteiger partial charge in [0.05, 0.1) is 0 Å². The van der Waals surface area contributed by atoms with E-state index >= 15 is 0 Å². The van der Waals surface area contributed by atoms with Crippen molar-refractivity contribution < 1.29 is 0 Å². The van der Waals surface area contributed by atoms with Crippen LogP contribution in [0.3, 0.4) is 0 Å². The van der Waals surface area contributed by atoms with Crippen LogP contribution in [0.15, 0.2) is 0 Å². The Labute approximate surface area is 38.5 Å². The Kier molecular flexibility index (Phi) is 0.845. The molecule has 0 aliphatic heterocycles. The van der Waals surface area contributed by atoms with Gasteiger partial charge in [-0.25, -0.2) is 0 Å². The minimum atomic E-state index is 0.532. The summed E-state index contributed by atoms with van der Waals surface area (Å²) in [5.74, 6) is 0.810. The highest BCUT2D eigenvalue weighted by atomic mass is 14.7. The van der Waals surface area contributed by atoms with E-state index in [-0.39, 0.29) is 0 Å². The molecular weight excluding hydrogens is 74.1 g/mol. The molecule has 1 aliphatic carbocycles. The Morgan fingerprint density at radius 3 is 2.00 bits per heavy atom. The van der Waals surface area contributed by atoms with E-state index in [4.69, 9.17) is 5.73 Å². The van der Waals surface area contributed by atoms with Crippen LogP contribution in [0.2, 0.25) is 0 Å². The van der Waals surface area contributed by atoms with Gasteiger partial charge in [-0.15, -0.1) is 0 Å². The highest BCUT2D eigenvalue weighted by molar-refractivity contribution is 4.79. The lowest BCUT2D eigenvalue weighted by atomic mass is 9.82. The standard InChI is InChI=1S/C5H11N/c1-4-2-3-5(4)6/h4-5H,2-3,6H2,1H3/t4-,5+/m0/s1.